The molecule has 0 saturated heterocycles. The number of benzene rings is 1. The second-order valence-corrected chi connectivity index (χ2v) is 3.65. The average Bonchev–Trinajstić information content (AvgIpc) is 2.62. The standard InChI is InChI=1S/C11H13NO2/c1-7(2)10-8(5-13)3-4-9-11(10)12-6-14-9/h3-4,6-7,13H,5H2,1-2H3. The smallest absolute Gasteiger partial charge is 0.181 e. The van der Waals surface area contributed by atoms with Crippen molar-refractivity contribution in [2.45, 2.75) is 26.4 Å². The molecule has 0 fully saturated rings. The van der Waals surface area contributed by atoms with Gasteiger partial charge in [0.2, 0.25) is 0 Å². The van der Waals surface area contributed by atoms with E-state index in [4.69, 9.17) is 4.42 Å². The maximum Gasteiger partial charge on any atom is 0.181 e. The topological polar surface area (TPSA) is 46.3 Å². The molecule has 1 N–H and O–H groups in total. The van der Waals surface area contributed by atoms with E-state index in [9.17, 15) is 5.11 Å². The Bertz CT molecular complexity index is 445. The van der Waals surface area contributed by atoms with Crippen LogP contribution in [0.4, 0.5) is 0 Å². The average molecular weight is 191 g/mol. The van der Waals surface area contributed by atoms with Crippen LogP contribution in [-0.2, 0) is 6.61 Å². The van der Waals surface area contributed by atoms with Crippen molar-refractivity contribution in [2.24, 2.45) is 0 Å². The number of rotatable bonds is 2. The first-order valence-corrected chi connectivity index (χ1v) is 4.70. The molecule has 0 aliphatic heterocycles. The van der Waals surface area contributed by atoms with Gasteiger partial charge in [0.25, 0.3) is 0 Å². The van der Waals surface area contributed by atoms with Crippen LogP contribution in [0, 0.1) is 0 Å². The van der Waals surface area contributed by atoms with E-state index in [1.54, 1.807) is 0 Å². The summed E-state index contributed by atoms with van der Waals surface area (Å²) in [7, 11) is 0. The molecule has 0 aliphatic carbocycles. The fourth-order valence-electron chi connectivity index (χ4n) is 1.78. The Morgan fingerprint density at radius 3 is 2.86 bits per heavy atom. The van der Waals surface area contributed by atoms with E-state index in [0.29, 0.717) is 5.92 Å². The Labute approximate surface area is 82.4 Å². The van der Waals surface area contributed by atoms with Crippen molar-refractivity contribution in [2.75, 3.05) is 0 Å². The van der Waals surface area contributed by atoms with E-state index < -0.39 is 0 Å². The zero-order chi connectivity index (χ0) is 10.1. The summed E-state index contributed by atoms with van der Waals surface area (Å²) in [5.74, 6) is 0.339. The first-order chi connectivity index (χ1) is 6.74. The minimum Gasteiger partial charge on any atom is -0.443 e. The van der Waals surface area contributed by atoms with Crippen molar-refractivity contribution in [1.82, 2.24) is 4.98 Å². The highest BCUT2D eigenvalue weighted by Crippen LogP contribution is 2.27. The normalized spacial score (nSPS) is 11.4. The predicted octanol–water partition coefficient (Wildman–Crippen LogP) is 2.44. The molecule has 0 unspecified atom stereocenters. The number of aliphatic hydroxyl groups is 1. The number of hydrogen-bond acceptors (Lipinski definition) is 3. The van der Waals surface area contributed by atoms with Gasteiger partial charge < -0.3 is 9.52 Å². The van der Waals surface area contributed by atoms with Crippen LogP contribution in [0.1, 0.15) is 30.9 Å². The zero-order valence-electron chi connectivity index (χ0n) is 8.32. The third-order valence-corrected chi connectivity index (χ3v) is 2.38. The molecule has 1 aromatic carbocycles. The van der Waals surface area contributed by atoms with Crippen LogP contribution < -0.4 is 0 Å². The highest BCUT2D eigenvalue weighted by atomic mass is 16.3. The second kappa shape index (κ2) is 3.42. The molecule has 0 spiro atoms. The molecule has 0 atom stereocenters. The lowest BCUT2D eigenvalue weighted by molar-refractivity contribution is 0.280. The van der Waals surface area contributed by atoms with Gasteiger partial charge in [-0.25, -0.2) is 4.98 Å². The Morgan fingerprint density at radius 2 is 2.21 bits per heavy atom. The van der Waals surface area contributed by atoms with Gasteiger partial charge in [-0.05, 0) is 23.1 Å². The summed E-state index contributed by atoms with van der Waals surface area (Å²) in [5, 5.41) is 9.21. The minimum atomic E-state index is 0.0519. The van der Waals surface area contributed by atoms with Gasteiger partial charge in [-0.3, -0.25) is 0 Å². The molecule has 0 bridgehead atoms. The maximum absolute atomic E-state index is 9.21. The number of nitrogens with zero attached hydrogens (tertiary/aromatic N) is 1. The van der Waals surface area contributed by atoms with E-state index >= 15 is 0 Å². The zero-order valence-corrected chi connectivity index (χ0v) is 8.32. The predicted molar refractivity (Wildman–Crippen MR) is 54.0 cm³/mol. The quantitative estimate of drug-likeness (QED) is 0.793. The number of oxazole rings is 1. The summed E-state index contributed by atoms with van der Waals surface area (Å²) in [4.78, 5) is 4.17. The molecule has 3 nitrogen and oxygen atoms in total. The third-order valence-electron chi connectivity index (χ3n) is 2.38. The van der Waals surface area contributed by atoms with Gasteiger partial charge in [0.05, 0.1) is 6.61 Å². The fraction of sp³-hybridized carbons (Fsp3) is 0.364. The van der Waals surface area contributed by atoms with Crippen LogP contribution >= 0.6 is 0 Å². The van der Waals surface area contributed by atoms with Crippen LogP contribution in [0.15, 0.2) is 22.9 Å². The molecule has 1 aromatic heterocycles. The summed E-state index contributed by atoms with van der Waals surface area (Å²) in [5.41, 5.74) is 3.66. The van der Waals surface area contributed by atoms with Crippen LogP contribution in [0.25, 0.3) is 11.1 Å². The minimum absolute atomic E-state index is 0.0519. The summed E-state index contributed by atoms with van der Waals surface area (Å²) in [6, 6.07) is 3.74. The molecular weight excluding hydrogens is 178 g/mol. The Kier molecular flexibility index (Phi) is 2.25. The fourth-order valence-corrected chi connectivity index (χ4v) is 1.78. The first-order valence-electron chi connectivity index (χ1n) is 4.70. The van der Waals surface area contributed by atoms with Crippen LogP contribution in [0.2, 0.25) is 0 Å². The number of aromatic nitrogens is 1. The highest BCUT2D eigenvalue weighted by molar-refractivity contribution is 5.78. The molecule has 14 heavy (non-hydrogen) atoms. The molecule has 2 aromatic rings. The summed E-state index contributed by atoms with van der Waals surface area (Å²) >= 11 is 0. The number of aliphatic hydroxyl groups excluding tert-OH is 1. The summed E-state index contributed by atoms with van der Waals surface area (Å²) in [6.45, 7) is 4.22. The molecule has 0 aliphatic rings. The van der Waals surface area contributed by atoms with E-state index in [1.165, 1.54) is 6.39 Å². The van der Waals surface area contributed by atoms with Gasteiger partial charge in [-0.15, -0.1) is 0 Å². The van der Waals surface area contributed by atoms with Crippen molar-refractivity contribution in [3.63, 3.8) is 0 Å². The van der Waals surface area contributed by atoms with Crippen molar-refractivity contribution in [1.29, 1.82) is 0 Å². The largest absolute Gasteiger partial charge is 0.443 e. The van der Waals surface area contributed by atoms with E-state index in [-0.39, 0.29) is 6.61 Å². The van der Waals surface area contributed by atoms with E-state index in [0.717, 1.165) is 22.2 Å². The molecule has 1 heterocycles. The summed E-state index contributed by atoms with van der Waals surface area (Å²) < 4.78 is 5.22. The number of fused-ring (bicyclic) bond motifs is 1. The van der Waals surface area contributed by atoms with Gasteiger partial charge in [0.1, 0.15) is 5.52 Å². The van der Waals surface area contributed by atoms with Crippen LogP contribution in [0.3, 0.4) is 0 Å². The Hall–Kier alpha value is -1.35. The Morgan fingerprint density at radius 1 is 1.43 bits per heavy atom. The van der Waals surface area contributed by atoms with Gasteiger partial charge in [-0.2, -0.15) is 0 Å². The van der Waals surface area contributed by atoms with Crippen LogP contribution in [-0.4, -0.2) is 10.1 Å². The highest BCUT2D eigenvalue weighted by Gasteiger charge is 2.13. The van der Waals surface area contributed by atoms with Crippen molar-refractivity contribution >= 4 is 11.1 Å². The molecule has 0 saturated carbocycles. The van der Waals surface area contributed by atoms with Gasteiger partial charge >= 0.3 is 0 Å². The summed E-state index contributed by atoms with van der Waals surface area (Å²) in [6.07, 6.45) is 1.44. The lowest BCUT2D eigenvalue weighted by atomic mass is 9.96. The van der Waals surface area contributed by atoms with E-state index in [2.05, 4.69) is 18.8 Å². The Balaban J connectivity index is 2.75. The monoisotopic (exact) mass is 191 g/mol. The molecule has 3 heteroatoms. The maximum atomic E-state index is 9.21. The SMILES string of the molecule is CC(C)c1c(CO)ccc2ocnc12. The molecular formula is C11H13NO2. The van der Waals surface area contributed by atoms with Crippen molar-refractivity contribution < 1.29 is 9.52 Å². The van der Waals surface area contributed by atoms with E-state index in [1.807, 2.05) is 12.1 Å². The van der Waals surface area contributed by atoms with Gasteiger partial charge in [0.15, 0.2) is 12.0 Å². The van der Waals surface area contributed by atoms with Gasteiger partial charge in [-0.1, -0.05) is 19.9 Å². The first kappa shape index (κ1) is 9.21. The molecule has 2 rings (SSSR count). The van der Waals surface area contributed by atoms with Gasteiger partial charge in [0, 0.05) is 0 Å². The van der Waals surface area contributed by atoms with Crippen molar-refractivity contribution in [3.8, 4) is 0 Å². The van der Waals surface area contributed by atoms with Crippen molar-refractivity contribution in [3.05, 3.63) is 29.7 Å². The molecule has 74 valence electrons. The molecule has 0 radical (unpaired) electrons. The number of hydrogen-bond donors (Lipinski definition) is 1. The lowest BCUT2D eigenvalue weighted by Gasteiger charge is -2.10. The second-order valence-electron chi connectivity index (χ2n) is 3.65. The lowest BCUT2D eigenvalue weighted by Crippen LogP contribution is -1.97. The molecule has 0 amide bonds. The van der Waals surface area contributed by atoms with Crippen LogP contribution in [0.5, 0.6) is 0 Å². The third kappa shape index (κ3) is 1.30.